The Morgan fingerprint density at radius 3 is 2.23 bits per heavy atom. The third kappa shape index (κ3) is 7.36. The van der Waals surface area contributed by atoms with Crippen molar-refractivity contribution in [2.24, 2.45) is 0 Å². The molecule has 40 heavy (non-hydrogen) atoms. The zero-order chi connectivity index (χ0) is 29.8. The second-order valence-electron chi connectivity index (χ2n) is 8.83. The summed E-state index contributed by atoms with van der Waals surface area (Å²) in [4.78, 5) is 26.5. The van der Waals surface area contributed by atoms with Crippen molar-refractivity contribution < 1.29 is 41.0 Å². The minimum atomic E-state index is -5.08. The summed E-state index contributed by atoms with van der Waals surface area (Å²) in [6.45, 7) is 4.58. The molecule has 1 N–H and O–H groups in total. The van der Waals surface area contributed by atoms with Crippen molar-refractivity contribution in [3.8, 4) is 11.4 Å². The highest BCUT2D eigenvalue weighted by Gasteiger charge is 2.38. The first kappa shape index (κ1) is 31.0. The van der Waals surface area contributed by atoms with Crippen LogP contribution in [0.15, 0.2) is 51.7 Å². The summed E-state index contributed by atoms with van der Waals surface area (Å²) in [6, 6.07) is 9.56. The molecule has 0 radical (unpaired) electrons. The summed E-state index contributed by atoms with van der Waals surface area (Å²) in [5.74, 6) is -4.50. The number of hydrogen-bond acceptors (Lipinski definition) is 5. The highest BCUT2D eigenvalue weighted by atomic mass is 79.9. The molecule has 216 valence electrons. The van der Waals surface area contributed by atoms with Gasteiger partial charge < -0.3 is 19.6 Å². The number of ether oxygens (including phenoxy) is 1. The molecule has 0 unspecified atom stereocenters. The fourth-order valence-electron chi connectivity index (χ4n) is 3.89. The number of carboxylic acid groups (broad SMARTS) is 1. The number of carbonyl (C=O) groups is 1. The van der Waals surface area contributed by atoms with E-state index in [1.807, 2.05) is 13.1 Å². The quantitative estimate of drug-likeness (QED) is 0.384. The van der Waals surface area contributed by atoms with Crippen molar-refractivity contribution in [2.45, 2.75) is 19.7 Å². The van der Waals surface area contributed by atoms with Crippen LogP contribution in [-0.4, -0.2) is 59.9 Å². The molecule has 0 amide bonds. The van der Waals surface area contributed by atoms with Crippen LogP contribution < -0.4 is 15.2 Å². The third-order valence-corrected chi connectivity index (χ3v) is 6.70. The van der Waals surface area contributed by atoms with Gasteiger partial charge in [0, 0.05) is 49.6 Å². The van der Waals surface area contributed by atoms with Crippen molar-refractivity contribution in [3.05, 3.63) is 86.0 Å². The van der Waals surface area contributed by atoms with Gasteiger partial charge in [-0.3, -0.25) is 9.36 Å². The van der Waals surface area contributed by atoms with E-state index in [0.29, 0.717) is 24.5 Å². The number of pyridine rings is 1. The van der Waals surface area contributed by atoms with Gasteiger partial charge in [-0.05, 0) is 54.2 Å². The van der Waals surface area contributed by atoms with E-state index < -0.39 is 35.2 Å². The second-order valence-corrected chi connectivity index (χ2v) is 9.62. The van der Waals surface area contributed by atoms with Crippen molar-refractivity contribution >= 4 is 27.6 Å². The highest BCUT2D eigenvalue weighted by molar-refractivity contribution is 9.10. The van der Waals surface area contributed by atoms with Gasteiger partial charge in [0.05, 0.1) is 5.69 Å². The van der Waals surface area contributed by atoms with Crippen LogP contribution in [0.4, 0.5) is 32.0 Å². The summed E-state index contributed by atoms with van der Waals surface area (Å²) >= 11 is 3.26. The molecular weight excluding hydrogens is 612 g/mol. The predicted octanol–water partition coefficient (Wildman–Crippen LogP) is 5.29. The number of rotatable bonds is 5. The van der Waals surface area contributed by atoms with Crippen LogP contribution in [0.1, 0.15) is 11.3 Å². The van der Waals surface area contributed by atoms with E-state index in [2.05, 4.69) is 25.7 Å². The lowest BCUT2D eigenvalue weighted by Gasteiger charge is -2.35. The number of halogens is 7. The molecule has 2 aromatic carbocycles. The molecule has 2 heterocycles. The van der Waals surface area contributed by atoms with Gasteiger partial charge in [-0.15, -0.1) is 0 Å². The maximum absolute atomic E-state index is 15.1. The topological polar surface area (TPSA) is 75.0 Å². The zero-order valence-electron chi connectivity index (χ0n) is 21.2. The molecule has 0 atom stereocenters. The lowest BCUT2D eigenvalue weighted by molar-refractivity contribution is -0.192. The molecular formula is C26H24BrF6N3O4. The molecule has 1 saturated heterocycles. The maximum Gasteiger partial charge on any atom is 0.490 e. The number of piperazine rings is 1. The fraction of sp³-hybridized carbons (Fsp3) is 0.308. The van der Waals surface area contributed by atoms with Gasteiger partial charge in [-0.1, -0.05) is 6.07 Å². The number of aromatic nitrogens is 1. The van der Waals surface area contributed by atoms with E-state index in [0.717, 1.165) is 25.2 Å². The number of likely N-dealkylation sites (N-methyl/N-ethyl adjacent to an activating group) is 1. The number of aryl methyl sites for hydroxylation is 1. The molecule has 14 heteroatoms. The van der Waals surface area contributed by atoms with E-state index in [1.165, 1.54) is 16.7 Å². The lowest BCUT2D eigenvalue weighted by Crippen LogP contribution is -2.45. The van der Waals surface area contributed by atoms with Crippen LogP contribution in [0.2, 0.25) is 0 Å². The average Bonchev–Trinajstić information content (AvgIpc) is 2.87. The second kappa shape index (κ2) is 12.8. The minimum absolute atomic E-state index is 0.0863. The van der Waals surface area contributed by atoms with E-state index in [1.54, 1.807) is 19.1 Å². The van der Waals surface area contributed by atoms with E-state index in [-0.39, 0.29) is 28.1 Å². The predicted molar refractivity (Wildman–Crippen MR) is 139 cm³/mol. The van der Waals surface area contributed by atoms with Crippen LogP contribution in [0, 0.1) is 24.4 Å². The van der Waals surface area contributed by atoms with Crippen molar-refractivity contribution in [3.63, 3.8) is 0 Å². The van der Waals surface area contributed by atoms with Gasteiger partial charge in [-0.25, -0.2) is 18.0 Å². The molecule has 1 aromatic heterocycles. The SMILES string of the molecule is Cc1cc(OCc2ccc(F)cc2F)c(Br)c(=O)n1-c1c(F)cccc1N1CCN(C)CC1.O=C(O)C(F)(F)F. The summed E-state index contributed by atoms with van der Waals surface area (Å²) < 4.78 is 81.0. The van der Waals surface area contributed by atoms with Crippen LogP contribution in [0.25, 0.3) is 5.69 Å². The molecule has 1 fully saturated rings. The zero-order valence-corrected chi connectivity index (χ0v) is 22.8. The molecule has 0 saturated carbocycles. The Bertz CT molecular complexity index is 1440. The molecule has 0 bridgehead atoms. The van der Waals surface area contributed by atoms with Gasteiger partial charge in [0.2, 0.25) is 0 Å². The summed E-state index contributed by atoms with van der Waals surface area (Å²) in [7, 11) is 2.03. The number of anilines is 1. The Labute approximate surface area is 233 Å². The van der Waals surface area contributed by atoms with Gasteiger partial charge in [0.25, 0.3) is 5.56 Å². The maximum atomic E-state index is 15.1. The Kier molecular flexibility index (Phi) is 9.90. The van der Waals surface area contributed by atoms with Gasteiger partial charge in [0.1, 0.15) is 40.0 Å². The molecule has 3 aromatic rings. The first-order valence-corrected chi connectivity index (χ1v) is 12.5. The molecule has 1 aliphatic heterocycles. The van der Waals surface area contributed by atoms with Gasteiger partial charge in [-0.2, -0.15) is 13.2 Å². The standard InChI is InChI=1S/C24H23BrF3N3O2.C2HF3O2/c1-15-12-21(33-14-16-6-7-17(26)13-19(16)28)22(25)24(32)31(15)23-18(27)4-3-5-20(23)30-10-8-29(2)9-11-30;3-2(4,5)1(6)7/h3-7,12-13H,8-11,14H2,1-2H3;(H,6,7). The Balaban J connectivity index is 0.000000559. The molecule has 0 aliphatic carbocycles. The smallest absolute Gasteiger partial charge is 0.487 e. The summed E-state index contributed by atoms with van der Waals surface area (Å²) in [5.41, 5.74) is 0.934. The highest BCUT2D eigenvalue weighted by Crippen LogP contribution is 2.31. The van der Waals surface area contributed by atoms with Crippen LogP contribution in [0.5, 0.6) is 5.75 Å². The third-order valence-electron chi connectivity index (χ3n) is 5.97. The molecule has 0 spiro atoms. The Morgan fingerprint density at radius 1 is 1.02 bits per heavy atom. The van der Waals surface area contributed by atoms with E-state index in [9.17, 15) is 26.7 Å². The minimum Gasteiger partial charge on any atom is -0.487 e. The largest absolute Gasteiger partial charge is 0.490 e. The average molecular weight is 636 g/mol. The molecule has 7 nitrogen and oxygen atoms in total. The van der Waals surface area contributed by atoms with Crippen molar-refractivity contribution in [2.75, 3.05) is 38.1 Å². The fourth-order valence-corrected chi connectivity index (χ4v) is 4.29. The van der Waals surface area contributed by atoms with Crippen molar-refractivity contribution in [1.29, 1.82) is 0 Å². The first-order chi connectivity index (χ1) is 18.7. The summed E-state index contributed by atoms with van der Waals surface area (Å²) in [6.07, 6.45) is -5.08. The van der Waals surface area contributed by atoms with Crippen molar-refractivity contribution in [1.82, 2.24) is 9.47 Å². The number of nitrogens with zero attached hydrogens (tertiary/aromatic N) is 3. The van der Waals surface area contributed by atoms with Crippen LogP contribution in [-0.2, 0) is 11.4 Å². The van der Waals surface area contributed by atoms with Crippen LogP contribution in [0.3, 0.4) is 0 Å². The number of hydrogen-bond donors (Lipinski definition) is 1. The van der Waals surface area contributed by atoms with Crippen LogP contribution >= 0.6 is 15.9 Å². The number of carboxylic acids is 1. The Morgan fingerprint density at radius 2 is 1.65 bits per heavy atom. The number of alkyl halides is 3. The Hall–Kier alpha value is -3.52. The van der Waals surface area contributed by atoms with E-state index >= 15 is 4.39 Å². The summed E-state index contributed by atoms with van der Waals surface area (Å²) in [5, 5.41) is 7.12. The normalized spacial score (nSPS) is 14.0. The van der Waals surface area contributed by atoms with Gasteiger partial charge in [0.15, 0.2) is 0 Å². The molecule has 4 rings (SSSR count). The lowest BCUT2D eigenvalue weighted by atomic mass is 10.2. The van der Waals surface area contributed by atoms with Gasteiger partial charge >= 0.3 is 12.1 Å². The number of benzene rings is 2. The molecule has 1 aliphatic rings. The number of para-hydroxylation sites is 1. The monoisotopic (exact) mass is 635 g/mol. The van der Waals surface area contributed by atoms with E-state index in [4.69, 9.17) is 14.6 Å². The number of aliphatic carboxylic acids is 1. The first-order valence-electron chi connectivity index (χ1n) is 11.7.